The first-order chi connectivity index (χ1) is 9.61. The van der Waals surface area contributed by atoms with E-state index in [4.69, 9.17) is 10.5 Å². The lowest BCUT2D eigenvalue weighted by molar-refractivity contribution is -0.122. The molecular formula is C15H31N3O2. The number of carbonyl (C=O) groups excluding carboxylic acids is 1. The summed E-state index contributed by atoms with van der Waals surface area (Å²) in [5, 5.41) is 3.01. The number of ether oxygens (including phenoxy) is 1. The molecule has 0 radical (unpaired) electrons. The van der Waals surface area contributed by atoms with E-state index in [2.05, 4.69) is 24.1 Å². The zero-order valence-electron chi connectivity index (χ0n) is 13.1. The van der Waals surface area contributed by atoms with Crippen LogP contribution in [0.4, 0.5) is 0 Å². The van der Waals surface area contributed by atoms with E-state index in [9.17, 15) is 4.79 Å². The fourth-order valence-corrected chi connectivity index (χ4v) is 2.62. The van der Waals surface area contributed by atoms with Crippen LogP contribution in [0, 0.1) is 11.8 Å². The molecule has 118 valence electrons. The number of hydrogen-bond donors (Lipinski definition) is 2. The molecule has 1 saturated heterocycles. The zero-order chi connectivity index (χ0) is 14.8. The van der Waals surface area contributed by atoms with Gasteiger partial charge in [0.1, 0.15) is 0 Å². The van der Waals surface area contributed by atoms with Crippen molar-refractivity contribution >= 4 is 5.91 Å². The normalized spacial score (nSPS) is 18.2. The van der Waals surface area contributed by atoms with E-state index in [1.807, 2.05) is 0 Å². The maximum absolute atomic E-state index is 11.8. The maximum Gasteiger partial charge on any atom is 0.220 e. The van der Waals surface area contributed by atoms with Crippen LogP contribution in [0.2, 0.25) is 0 Å². The molecule has 0 aromatic rings. The molecule has 5 heteroatoms. The van der Waals surface area contributed by atoms with Gasteiger partial charge in [-0.3, -0.25) is 9.69 Å². The average Bonchev–Trinajstić information content (AvgIpc) is 2.43. The van der Waals surface area contributed by atoms with Gasteiger partial charge in [0.05, 0.1) is 13.2 Å². The van der Waals surface area contributed by atoms with Crippen LogP contribution in [0.1, 0.15) is 33.1 Å². The largest absolute Gasteiger partial charge is 0.379 e. The first-order valence-electron chi connectivity index (χ1n) is 7.88. The predicted molar refractivity (Wildman–Crippen MR) is 81.5 cm³/mol. The monoisotopic (exact) mass is 285 g/mol. The second kappa shape index (κ2) is 10.1. The highest BCUT2D eigenvalue weighted by Gasteiger charge is 2.14. The SMILES string of the molecule is CC(C)C[C@H](CN)CC(=O)NCCCN1CCOCC1. The number of amides is 1. The summed E-state index contributed by atoms with van der Waals surface area (Å²) in [4.78, 5) is 14.2. The first-order valence-corrected chi connectivity index (χ1v) is 7.88. The molecule has 3 N–H and O–H groups in total. The third-order valence-corrected chi connectivity index (χ3v) is 3.69. The van der Waals surface area contributed by atoms with Gasteiger partial charge >= 0.3 is 0 Å². The van der Waals surface area contributed by atoms with E-state index in [-0.39, 0.29) is 5.91 Å². The van der Waals surface area contributed by atoms with Gasteiger partial charge in [-0.25, -0.2) is 0 Å². The van der Waals surface area contributed by atoms with Crippen LogP contribution in [0.5, 0.6) is 0 Å². The molecule has 0 spiro atoms. The quantitative estimate of drug-likeness (QED) is 0.616. The predicted octanol–water partition coefficient (Wildman–Crippen LogP) is 0.836. The summed E-state index contributed by atoms with van der Waals surface area (Å²) >= 11 is 0. The number of hydrogen-bond acceptors (Lipinski definition) is 4. The molecule has 0 aliphatic carbocycles. The number of nitrogens with one attached hydrogen (secondary N) is 1. The lowest BCUT2D eigenvalue weighted by Gasteiger charge is -2.26. The van der Waals surface area contributed by atoms with Gasteiger partial charge in [0.25, 0.3) is 0 Å². The van der Waals surface area contributed by atoms with Crippen molar-refractivity contribution in [2.24, 2.45) is 17.6 Å². The smallest absolute Gasteiger partial charge is 0.220 e. The fourth-order valence-electron chi connectivity index (χ4n) is 2.62. The molecule has 1 rings (SSSR count). The maximum atomic E-state index is 11.8. The number of rotatable bonds is 9. The minimum Gasteiger partial charge on any atom is -0.379 e. The zero-order valence-corrected chi connectivity index (χ0v) is 13.1. The van der Waals surface area contributed by atoms with Gasteiger partial charge in [-0.15, -0.1) is 0 Å². The second-order valence-corrected chi connectivity index (χ2v) is 6.09. The lowest BCUT2D eigenvalue weighted by atomic mass is 9.94. The van der Waals surface area contributed by atoms with Gasteiger partial charge in [0, 0.05) is 26.1 Å². The summed E-state index contributed by atoms with van der Waals surface area (Å²) in [7, 11) is 0. The molecule has 0 bridgehead atoms. The van der Waals surface area contributed by atoms with Crippen molar-refractivity contribution in [3.8, 4) is 0 Å². The number of morpholine rings is 1. The summed E-state index contributed by atoms with van der Waals surface area (Å²) in [6.45, 7) is 10.4. The third kappa shape index (κ3) is 7.82. The topological polar surface area (TPSA) is 67.6 Å². The first kappa shape index (κ1) is 17.4. The van der Waals surface area contributed by atoms with Crippen LogP contribution in [0.3, 0.4) is 0 Å². The highest BCUT2D eigenvalue weighted by molar-refractivity contribution is 5.76. The summed E-state index contributed by atoms with van der Waals surface area (Å²) in [6.07, 6.45) is 2.59. The second-order valence-electron chi connectivity index (χ2n) is 6.09. The van der Waals surface area contributed by atoms with E-state index < -0.39 is 0 Å². The lowest BCUT2D eigenvalue weighted by Crippen LogP contribution is -2.38. The molecule has 1 atom stereocenters. The van der Waals surface area contributed by atoms with Crippen LogP contribution in [0.25, 0.3) is 0 Å². The number of carbonyl (C=O) groups is 1. The molecule has 0 aromatic heterocycles. The molecule has 1 heterocycles. The van der Waals surface area contributed by atoms with Gasteiger partial charge in [0.15, 0.2) is 0 Å². The van der Waals surface area contributed by atoms with Crippen molar-refractivity contribution in [2.45, 2.75) is 33.1 Å². The van der Waals surface area contributed by atoms with E-state index in [1.54, 1.807) is 0 Å². The van der Waals surface area contributed by atoms with Crippen molar-refractivity contribution < 1.29 is 9.53 Å². The highest BCUT2D eigenvalue weighted by Crippen LogP contribution is 2.13. The Labute approximate surface area is 123 Å². The third-order valence-electron chi connectivity index (χ3n) is 3.69. The van der Waals surface area contributed by atoms with Crippen molar-refractivity contribution in [2.75, 3.05) is 45.9 Å². The van der Waals surface area contributed by atoms with Crippen LogP contribution < -0.4 is 11.1 Å². The summed E-state index contributed by atoms with van der Waals surface area (Å²) in [5.74, 6) is 1.05. The van der Waals surface area contributed by atoms with Crippen molar-refractivity contribution in [3.63, 3.8) is 0 Å². The summed E-state index contributed by atoms with van der Waals surface area (Å²) < 4.78 is 5.31. The van der Waals surface area contributed by atoms with Crippen molar-refractivity contribution in [3.05, 3.63) is 0 Å². The Morgan fingerprint density at radius 1 is 1.35 bits per heavy atom. The Morgan fingerprint density at radius 3 is 2.65 bits per heavy atom. The summed E-state index contributed by atoms with van der Waals surface area (Å²) in [6, 6.07) is 0. The highest BCUT2D eigenvalue weighted by atomic mass is 16.5. The molecule has 1 aliphatic rings. The van der Waals surface area contributed by atoms with Crippen LogP contribution in [-0.2, 0) is 9.53 Å². The molecule has 1 fully saturated rings. The standard InChI is InChI=1S/C15H31N3O2/c1-13(2)10-14(12-16)11-15(19)17-4-3-5-18-6-8-20-9-7-18/h13-14H,3-12,16H2,1-2H3,(H,17,19)/t14-/m0/s1. The van der Waals surface area contributed by atoms with Gasteiger partial charge in [-0.05, 0) is 37.8 Å². The van der Waals surface area contributed by atoms with Gasteiger partial charge in [-0.2, -0.15) is 0 Å². The number of nitrogens with zero attached hydrogens (tertiary/aromatic N) is 1. The molecule has 0 unspecified atom stereocenters. The van der Waals surface area contributed by atoms with Crippen molar-refractivity contribution in [1.29, 1.82) is 0 Å². The molecule has 0 aromatic carbocycles. The Morgan fingerprint density at radius 2 is 2.05 bits per heavy atom. The van der Waals surface area contributed by atoms with Crippen LogP contribution in [0.15, 0.2) is 0 Å². The molecule has 1 amide bonds. The Hall–Kier alpha value is -0.650. The van der Waals surface area contributed by atoms with E-state index in [0.29, 0.717) is 24.8 Å². The molecule has 0 saturated carbocycles. The van der Waals surface area contributed by atoms with Gasteiger partial charge in [0.2, 0.25) is 5.91 Å². The van der Waals surface area contributed by atoms with E-state index in [1.165, 1.54) is 0 Å². The molecule has 20 heavy (non-hydrogen) atoms. The number of nitrogens with two attached hydrogens (primary N) is 1. The Bertz CT molecular complexity index is 266. The minimum absolute atomic E-state index is 0.142. The molecular weight excluding hydrogens is 254 g/mol. The van der Waals surface area contributed by atoms with E-state index >= 15 is 0 Å². The van der Waals surface area contributed by atoms with Crippen molar-refractivity contribution in [1.82, 2.24) is 10.2 Å². The summed E-state index contributed by atoms with van der Waals surface area (Å²) in [5.41, 5.74) is 5.72. The Balaban J connectivity index is 2.06. The van der Waals surface area contributed by atoms with Gasteiger partial charge in [-0.1, -0.05) is 13.8 Å². The minimum atomic E-state index is 0.142. The van der Waals surface area contributed by atoms with E-state index in [0.717, 1.165) is 52.2 Å². The molecule has 1 aliphatic heterocycles. The van der Waals surface area contributed by atoms with Crippen LogP contribution in [-0.4, -0.2) is 56.7 Å². The Kier molecular flexibility index (Phi) is 8.82. The fraction of sp³-hybridized carbons (Fsp3) is 0.933. The van der Waals surface area contributed by atoms with Gasteiger partial charge < -0.3 is 15.8 Å². The van der Waals surface area contributed by atoms with Crippen LogP contribution >= 0.6 is 0 Å². The average molecular weight is 285 g/mol. The molecule has 5 nitrogen and oxygen atoms in total.